The fourth-order valence-electron chi connectivity index (χ4n) is 2.49. The molecule has 2 heterocycles. The van der Waals surface area contributed by atoms with Gasteiger partial charge in [-0.05, 0) is 25.0 Å². The van der Waals surface area contributed by atoms with E-state index in [4.69, 9.17) is 0 Å². The lowest BCUT2D eigenvalue weighted by Crippen LogP contribution is -2.40. The quantitative estimate of drug-likeness (QED) is 0.841. The van der Waals surface area contributed by atoms with Gasteiger partial charge in [-0.1, -0.05) is 0 Å². The van der Waals surface area contributed by atoms with Crippen molar-refractivity contribution in [3.05, 3.63) is 23.9 Å². The highest BCUT2D eigenvalue weighted by atomic mass is 19.4. The van der Waals surface area contributed by atoms with Crippen LogP contribution >= 0.6 is 0 Å². The summed E-state index contributed by atoms with van der Waals surface area (Å²) in [7, 11) is 3.42. The van der Waals surface area contributed by atoms with Gasteiger partial charge in [0, 0.05) is 39.3 Å². The molecule has 1 aromatic rings. The smallest absolute Gasteiger partial charge is 0.357 e. The lowest BCUT2D eigenvalue weighted by Gasteiger charge is -2.33. The zero-order chi connectivity index (χ0) is 15.6. The van der Waals surface area contributed by atoms with Crippen LogP contribution in [0.3, 0.4) is 0 Å². The normalized spacial score (nSPS) is 16.9. The van der Waals surface area contributed by atoms with E-state index >= 15 is 0 Å². The predicted octanol–water partition coefficient (Wildman–Crippen LogP) is 2.41. The summed E-state index contributed by atoms with van der Waals surface area (Å²) >= 11 is 0. The summed E-state index contributed by atoms with van der Waals surface area (Å²) in [6, 6.07) is 2.03. The SMILES string of the molecule is CN(C)C(=O)C1CCN(c2cc(C(F)(F)F)ccn2)CC1. The molecule has 0 saturated carbocycles. The van der Waals surface area contributed by atoms with E-state index in [1.165, 1.54) is 6.20 Å². The third kappa shape index (κ3) is 3.65. The highest BCUT2D eigenvalue weighted by Gasteiger charge is 2.32. The molecule has 0 aromatic carbocycles. The number of hydrogen-bond donors (Lipinski definition) is 0. The average molecular weight is 301 g/mol. The molecule has 1 saturated heterocycles. The Morgan fingerprint density at radius 2 is 1.95 bits per heavy atom. The highest BCUT2D eigenvalue weighted by Crippen LogP contribution is 2.31. The van der Waals surface area contributed by atoms with Crippen molar-refractivity contribution >= 4 is 11.7 Å². The van der Waals surface area contributed by atoms with Crippen LogP contribution in [0.1, 0.15) is 18.4 Å². The molecule has 1 fully saturated rings. The molecule has 0 radical (unpaired) electrons. The topological polar surface area (TPSA) is 36.4 Å². The Kier molecular flexibility index (Phi) is 4.39. The molecule has 0 bridgehead atoms. The summed E-state index contributed by atoms with van der Waals surface area (Å²) in [6.07, 6.45) is -1.92. The Morgan fingerprint density at radius 3 is 2.48 bits per heavy atom. The summed E-state index contributed by atoms with van der Waals surface area (Å²) in [5.74, 6) is 0.342. The van der Waals surface area contributed by atoms with Crippen molar-refractivity contribution in [3.63, 3.8) is 0 Å². The molecule has 0 atom stereocenters. The van der Waals surface area contributed by atoms with Gasteiger partial charge in [0.1, 0.15) is 5.82 Å². The van der Waals surface area contributed by atoms with Gasteiger partial charge in [0.25, 0.3) is 0 Å². The Morgan fingerprint density at radius 1 is 1.33 bits per heavy atom. The van der Waals surface area contributed by atoms with Gasteiger partial charge in [-0.25, -0.2) is 4.98 Å². The average Bonchev–Trinajstić information content (AvgIpc) is 2.46. The van der Waals surface area contributed by atoms with Crippen LogP contribution in [0, 0.1) is 5.92 Å². The number of piperidine rings is 1. The Balaban J connectivity index is 2.04. The van der Waals surface area contributed by atoms with Gasteiger partial charge in [0.15, 0.2) is 0 Å². The number of alkyl halides is 3. The van der Waals surface area contributed by atoms with Gasteiger partial charge in [0.05, 0.1) is 5.56 Å². The van der Waals surface area contributed by atoms with Gasteiger partial charge in [-0.15, -0.1) is 0 Å². The van der Waals surface area contributed by atoms with Crippen molar-refractivity contribution in [3.8, 4) is 0 Å². The number of halogens is 3. The minimum Gasteiger partial charge on any atom is -0.357 e. The summed E-state index contributed by atoms with van der Waals surface area (Å²) in [5, 5.41) is 0. The van der Waals surface area contributed by atoms with Crippen LogP contribution in [0.2, 0.25) is 0 Å². The molecule has 4 nitrogen and oxygen atoms in total. The summed E-state index contributed by atoms with van der Waals surface area (Å²) < 4.78 is 38.1. The van der Waals surface area contributed by atoms with Crippen molar-refractivity contribution in [2.75, 3.05) is 32.1 Å². The zero-order valence-corrected chi connectivity index (χ0v) is 12.0. The first-order valence-corrected chi connectivity index (χ1v) is 6.78. The number of carbonyl (C=O) groups excluding carboxylic acids is 1. The number of amides is 1. The lowest BCUT2D eigenvalue weighted by molar-refractivity contribution is -0.137. The first kappa shape index (κ1) is 15.6. The number of anilines is 1. The number of nitrogens with zero attached hydrogens (tertiary/aromatic N) is 3. The van der Waals surface area contributed by atoms with E-state index in [1.54, 1.807) is 23.9 Å². The Bertz CT molecular complexity index is 508. The maximum absolute atomic E-state index is 12.7. The number of pyridine rings is 1. The van der Waals surface area contributed by atoms with Gasteiger partial charge >= 0.3 is 6.18 Å². The van der Waals surface area contributed by atoms with Gasteiger partial charge in [-0.3, -0.25) is 4.79 Å². The van der Waals surface area contributed by atoms with Gasteiger partial charge < -0.3 is 9.80 Å². The first-order chi connectivity index (χ1) is 9.79. The third-order valence-electron chi connectivity index (χ3n) is 3.68. The molecule has 0 unspecified atom stereocenters. The molecule has 1 aliphatic rings. The molecular weight excluding hydrogens is 283 g/mol. The Labute approximate surface area is 121 Å². The molecule has 0 N–H and O–H groups in total. The highest BCUT2D eigenvalue weighted by molar-refractivity contribution is 5.78. The van der Waals surface area contributed by atoms with Crippen molar-refractivity contribution in [2.45, 2.75) is 19.0 Å². The minimum absolute atomic E-state index is 0.0537. The third-order valence-corrected chi connectivity index (χ3v) is 3.68. The van der Waals surface area contributed by atoms with Crippen LogP contribution in [0.4, 0.5) is 19.0 Å². The number of aromatic nitrogens is 1. The maximum atomic E-state index is 12.7. The molecule has 1 aliphatic heterocycles. The van der Waals surface area contributed by atoms with Gasteiger partial charge in [-0.2, -0.15) is 13.2 Å². The van der Waals surface area contributed by atoms with Gasteiger partial charge in [0.2, 0.25) is 5.91 Å². The molecule has 21 heavy (non-hydrogen) atoms. The van der Waals surface area contributed by atoms with Crippen molar-refractivity contribution in [2.24, 2.45) is 5.92 Å². The second kappa shape index (κ2) is 5.91. The van der Waals surface area contributed by atoms with E-state index in [-0.39, 0.29) is 11.8 Å². The summed E-state index contributed by atoms with van der Waals surface area (Å²) in [5.41, 5.74) is -0.695. The largest absolute Gasteiger partial charge is 0.416 e. The first-order valence-electron chi connectivity index (χ1n) is 6.78. The van der Waals surface area contributed by atoms with E-state index < -0.39 is 11.7 Å². The van der Waals surface area contributed by atoms with Crippen LogP contribution in [-0.4, -0.2) is 43.0 Å². The van der Waals surface area contributed by atoms with E-state index in [0.717, 1.165) is 12.1 Å². The molecule has 1 amide bonds. The van der Waals surface area contributed by atoms with Crippen LogP contribution in [0.25, 0.3) is 0 Å². The number of rotatable bonds is 2. The van der Waals surface area contributed by atoms with Crippen molar-refractivity contribution in [1.29, 1.82) is 0 Å². The summed E-state index contributed by atoms with van der Waals surface area (Å²) in [4.78, 5) is 19.2. The van der Waals surface area contributed by atoms with Crippen LogP contribution < -0.4 is 4.90 Å². The van der Waals surface area contributed by atoms with E-state index in [2.05, 4.69) is 4.98 Å². The van der Waals surface area contributed by atoms with Crippen LogP contribution in [-0.2, 0) is 11.0 Å². The minimum atomic E-state index is -4.36. The molecule has 0 aliphatic carbocycles. The molecule has 1 aromatic heterocycles. The monoisotopic (exact) mass is 301 g/mol. The van der Waals surface area contributed by atoms with Crippen LogP contribution in [0.15, 0.2) is 18.3 Å². The zero-order valence-electron chi connectivity index (χ0n) is 12.0. The van der Waals surface area contributed by atoms with E-state index in [1.807, 2.05) is 0 Å². The van der Waals surface area contributed by atoms with Crippen molar-refractivity contribution < 1.29 is 18.0 Å². The molecular formula is C14H18F3N3O. The van der Waals surface area contributed by atoms with Crippen LogP contribution in [0.5, 0.6) is 0 Å². The summed E-state index contributed by atoms with van der Waals surface area (Å²) in [6.45, 7) is 1.08. The maximum Gasteiger partial charge on any atom is 0.416 e. The second-order valence-corrected chi connectivity index (χ2v) is 5.39. The fourth-order valence-corrected chi connectivity index (χ4v) is 2.49. The number of hydrogen-bond acceptors (Lipinski definition) is 3. The molecule has 2 rings (SSSR count). The van der Waals surface area contributed by atoms with E-state index in [9.17, 15) is 18.0 Å². The molecule has 0 spiro atoms. The van der Waals surface area contributed by atoms with Crippen molar-refractivity contribution in [1.82, 2.24) is 9.88 Å². The van der Waals surface area contributed by atoms with E-state index in [0.29, 0.717) is 31.7 Å². The number of carbonyl (C=O) groups is 1. The predicted molar refractivity (Wildman–Crippen MR) is 72.9 cm³/mol. The molecule has 7 heteroatoms. The lowest BCUT2D eigenvalue weighted by atomic mass is 9.95. The molecule has 116 valence electrons. The Hall–Kier alpha value is -1.79. The second-order valence-electron chi connectivity index (χ2n) is 5.39. The standard InChI is InChI=1S/C14H18F3N3O/c1-19(2)13(21)10-4-7-20(8-5-10)12-9-11(3-6-18-12)14(15,16)17/h3,6,9-10H,4-5,7-8H2,1-2H3. The fraction of sp³-hybridized carbons (Fsp3) is 0.571.